The van der Waals surface area contributed by atoms with Crippen LogP contribution in [0.25, 0.3) is 0 Å². The number of rotatable bonds is 2. The highest BCUT2D eigenvalue weighted by Gasteiger charge is 2.22. The Balaban J connectivity index is 1.92. The Kier molecular flexibility index (Phi) is 3.44. The van der Waals surface area contributed by atoms with Crippen molar-refractivity contribution in [1.29, 1.82) is 5.26 Å². The summed E-state index contributed by atoms with van der Waals surface area (Å²) >= 11 is 6.18. The molecule has 1 aromatic heterocycles. The molecular weight excluding hydrogens is 274 g/mol. The molecule has 3 rings (SSSR count). The zero-order chi connectivity index (χ0) is 13.9. The smallest absolute Gasteiger partial charge is 0.146 e. The number of ether oxygens (including phenoxy) is 1. The standard InChI is InChI=1S/C15H12ClN3O/c16-14-10(9-17)5-7-18-15(14)19-12-6-8-20-13-4-2-1-3-11(12)13/h1-5,7,12H,6,8H2,(H,18,19). The molecule has 1 N–H and O–H groups in total. The average Bonchev–Trinajstić information content (AvgIpc) is 2.50. The summed E-state index contributed by atoms with van der Waals surface area (Å²) < 4.78 is 5.62. The van der Waals surface area contributed by atoms with E-state index in [4.69, 9.17) is 21.6 Å². The van der Waals surface area contributed by atoms with Crippen LogP contribution in [0.4, 0.5) is 5.82 Å². The third-order valence-corrected chi connectivity index (χ3v) is 3.66. The van der Waals surface area contributed by atoms with Crippen molar-refractivity contribution < 1.29 is 4.74 Å². The number of nitrogens with one attached hydrogen (secondary N) is 1. The van der Waals surface area contributed by atoms with Gasteiger partial charge in [0.05, 0.1) is 18.2 Å². The molecule has 0 saturated carbocycles. The van der Waals surface area contributed by atoms with Gasteiger partial charge in [0.15, 0.2) is 0 Å². The number of pyridine rings is 1. The molecule has 100 valence electrons. The largest absolute Gasteiger partial charge is 0.493 e. The topological polar surface area (TPSA) is 57.9 Å². The molecule has 4 nitrogen and oxygen atoms in total. The highest BCUT2D eigenvalue weighted by atomic mass is 35.5. The molecule has 1 unspecified atom stereocenters. The minimum atomic E-state index is 0.0823. The van der Waals surface area contributed by atoms with Gasteiger partial charge in [-0.25, -0.2) is 4.98 Å². The van der Waals surface area contributed by atoms with Crippen molar-refractivity contribution in [1.82, 2.24) is 4.98 Å². The first-order chi connectivity index (χ1) is 9.79. The lowest BCUT2D eigenvalue weighted by Crippen LogP contribution is -2.21. The van der Waals surface area contributed by atoms with E-state index in [2.05, 4.69) is 16.4 Å². The van der Waals surface area contributed by atoms with Crippen molar-refractivity contribution in [3.8, 4) is 11.8 Å². The van der Waals surface area contributed by atoms with Gasteiger partial charge in [0.1, 0.15) is 22.7 Å². The molecule has 1 atom stereocenters. The van der Waals surface area contributed by atoms with E-state index in [-0.39, 0.29) is 6.04 Å². The van der Waals surface area contributed by atoms with Gasteiger partial charge in [-0.15, -0.1) is 0 Å². The lowest BCUT2D eigenvalue weighted by atomic mass is 10.0. The second-order valence-electron chi connectivity index (χ2n) is 4.50. The Bertz CT molecular complexity index is 681. The lowest BCUT2D eigenvalue weighted by Gasteiger charge is -2.27. The molecule has 0 spiro atoms. The summed E-state index contributed by atoms with van der Waals surface area (Å²) in [6, 6.07) is 11.6. The number of para-hydroxylation sites is 1. The van der Waals surface area contributed by atoms with Crippen LogP contribution in [0.5, 0.6) is 5.75 Å². The molecule has 2 heterocycles. The van der Waals surface area contributed by atoms with Gasteiger partial charge in [-0.3, -0.25) is 0 Å². The molecule has 0 aliphatic carbocycles. The number of fused-ring (bicyclic) bond motifs is 1. The zero-order valence-corrected chi connectivity index (χ0v) is 11.4. The Morgan fingerprint density at radius 3 is 3.05 bits per heavy atom. The average molecular weight is 286 g/mol. The van der Waals surface area contributed by atoms with Crippen LogP contribution in [0.1, 0.15) is 23.6 Å². The van der Waals surface area contributed by atoms with Gasteiger partial charge >= 0.3 is 0 Å². The first-order valence-electron chi connectivity index (χ1n) is 6.32. The highest BCUT2D eigenvalue weighted by Crippen LogP contribution is 2.35. The second kappa shape index (κ2) is 5.40. The van der Waals surface area contributed by atoms with E-state index in [0.29, 0.717) is 23.0 Å². The summed E-state index contributed by atoms with van der Waals surface area (Å²) in [5, 5.41) is 12.7. The second-order valence-corrected chi connectivity index (χ2v) is 4.88. The van der Waals surface area contributed by atoms with E-state index in [1.807, 2.05) is 24.3 Å². The third kappa shape index (κ3) is 2.28. The van der Waals surface area contributed by atoms with Gasteiger partial charge in [0, 0.05) is 18.2 Å². The monoisotopic (exact) mass is 285 g/mol. The third-order valence-electron chi connectivity index (χ3n) is 3.28. The predicted molar refractivity (Wildman–Crippen MR) is 76.9 cm³/mol. The number of hydrogen-bond donors (Lipinski definition) is 1. The van der Waals surface area contributed by atoms with Crippen LogP contribution in [0.3, 0.4) is 0 Å². The van der Waals surface area contributed by atoms with Crippen molar-refractivity contribution in [3.05, 3.63) is 52.7 Å². The fourth-order valence-corrected chi connectivity index (χ4v) is 2.50. The van der Waals surface area contributed by atoms with Crippen LogP contribution in [0, 0.1) is 11.3 Å². The van der Waals surface area contributed by atoms with Gasteiger partial charge in [0.2, 0.25) is 0 Å². The Hall–Kier alpha value is -2.25. The number of halogens is 1. The Labute approximate surface area is 122 Å². The fourth-order valence-electron chi connectivity index (χ4n) is 2.29. The summed E-state index contributed by atoms with van der Waals surface area (Å²) in [4.78, 5) is 4.22. The minimum Gasteiger partial charge on any atom is -0.493 e. The van der Waals surface area contributed by atoms with Crippen LogP contribution >= 0.6 is 11.6 Å². The number of benzene rings is 1. The van der Waals surface area contributed by atoms with Crippen molar-refractivity contribution in [2.24, 2.45) is 0 Å². The van der Waals surface area contributed by atoms with Crippen LogP contribution in [0.2, 0.25) is 5.02 Å². The van der Waals surface area contributed by atoms with Gasteiger partial charge in [-0.1, -0.05) is 29.8 Å². The summed E-state index contributed by atoms with van der Waals surface area (Å²) in [5.74, 6) is 1.41. The van der Waals surface area contributed by atoms with Crippen LogP contribution in [-0.2, 0) is 0 Å². The SMILES string of the molecule is N#Cc1ccnc(NC2CCOc3ccccc32)c1Cl. The molecule has 1 aliphatic rings. The molecule has 0 amide bonds. The van der Waals surface area contributed by atoms with E-state index in [1.54, 1.807) is 12.3 Å². The van der Waals surface area contributed by atoms with Crippen molar-refractivity contribution in [2.75, 3.05) is 11.9 Å². The van der Waals surface area contributed by atoms with E-state index in [0.717, 1.165) is 17.7 Å². The molecule has 1 aliphatic heterocycles. The molecule has 0 radical (unpaired) electrons. The summed E-state index contributed by atoms with van der Waals surface area (Å²) in [7, 11) is 0. The van der Waals surface area contributed by atoms with Crippen molar-refractivity contribution in [2.45, 2.75) is 12.5 Å². The normalized spacial score (nSPS) is 16.7. The Morgan fingerprint density at radius 1 is 1.35 bits per heavy atom. The number of nitriles is 1. The van der Waals surface area contributed by atoms with E-state index in [1.165, 1.54) is 0 Å². The molecule has 2 aromatic rings. The minimum absolute atomic E-state index is 0.0823. The molecule has 0 fully saturated rings. The molecule has 20 heavy (non-hydrogen) atoms. The molecule has 5 heteroatoms. The predicted octanol–water partition coefficient (Wildman–Crippen LogP) is 3.54. The van der Waals surface area contributed by atoms with E-state index >= 15 is 0 Å². The van der Waals surface area contributed by atoms with E-state index < -0.39 is 0 Å². The van der Waals surface area contributed by atoms with Crippen LogP contribution in [0.15, 0.2) is 36.5 Å². The fraction of sp³-hybridized carbons (Fsp3) is 0.200. The maximum atomic E-state index is 9.00. The van der Waals surface area contributed by atoms with Crippen molar-refractivity contribution >= 4 is 17.4 Å². The quantitative estimate of drug-likeness (QED) is 0.917. The Morgan fingerprint density at radius 2 is 2.20 bits per heavy atom. The lowest BCUT2D eigenvalue weighted by molar-refractivity contribution is 0.274. The van der Waals surface area contributed by atoms with Gasteiger partial charge in [0.25, 0.3) is 0 Å². The first-order valence-corrected chi connectivity index (χ1v) is 6.70. The molecular formula is C15H12ClN3O. The summed E-state index contributed by atoms with van der Waals surface area (Å²) in [5.41, 5.74) is 1.50. The zero-order valence-electron chi connectivity index (χ0n) is 10.6. The van der Waals surface area contributed by atoms with Crippen molar-refractivity contribution in [3.63, 3.8) is 0 Å². The maximum Gasteiger partial charge on any atom is 0.146 e. The number of nitrogens with zero attached hydrogens (tertiary/aromatic N) is 2. The number of hydrogen-bond acceptors (Lipinski definition) is 4. The van der Waals surface area contributed by atoms with Crippen LogP contribution < -0.4 is 10.1 Å². The molecule has 1 aromatic carbocycles. The summed E-state index contributed by atoms with van der Waals surface area (Å²) in [6.07, 6.45) is 2.41. The molecule has 0 saturated heterocycles. The van der Waals surface area contributed by atoms with Gasteiger partial charge in [-0.2, -0.15) is 5.26 Å². The maximum absolute atomic E-state index is 9.00. The van der Waals surface area contributed by atoms with Gasteiger partial charge in [-0.05, 0) is 12.1 Å². The number of anilines is 1. The molecule has 0 bridgehead atoms. The van der Waals surface area contributed by atoms with Gasteiger partial charge < -0.3 is 10.1 Å². The first kappa shape index (κ1) is 12.8. The van der Waals surface area contributed by atoms with E-state index in [9.17, 15) is 0 Å². The summed E-state index contributed by atoms with van der Waals surface area (Å²) in [6.45, 7) is 0.643. The van der Waals surface area contributed by atoms with Crippen LogP contribution in [-0.4, -0.2) is 11.6 Å². The highest BCUT2D eigenvalue weighted by molar-refractivity contribution is 6.34. The number of aromatic nitrogens is 1.